The lowest BCUT2D eigenvalue weighted by molar-refractivity contribution is -0.142. The summed E-state index contributed by atoms with van der Waals surface area (Å²) in [5, 5.41) is 3.23. The van der Waals surface area contributed by atoms with Crippen LogP contribution in [0.2, 0.25) is 0 Å². The molecular formula is C15H32N2O2. The molecule has 1 N–H and O–H groups in total. The molecule has 0 aromatic rings. The molecule has 0 aromatic heterocycles. The van der Waals surface area contributed by atoms with Crippen molar-refractivity contribution in [1.82, 2.24) is 10.2 Å². The van der Waals surface area contributed by atoms with Crippen LogP contribution in [0.4, 0.5) is 0 Å². The summed E-state index contributed by atoms with van der Waals surface area (Å²) in [6, 6.07) is 0.370. The van der Waals surface area contributed by atoms with E-state index < -0.39 is 0 Å². The molecule has 0 rings (SSSR count). The van der Waals surface area contributed by atoms with Gasteiger partial charge in [-0.25, -0.2) is 0 Å². The van der Waals surface area contributed by atoms with Crippen LogP contribution in [-0.4, -0.2) is 49.7 Å². The molecule has 0 saturated carbocycles. The van der Waals surface area contributed by atoms with Crippen molar-refractivity contribution in [3.05, 3.63) is 0 Å². The third-order valence-electron chi connectivity index (χ3n) is 3.36. The highest BCUT2D eigenvalue weighted by molar-refractivity contribution is 5.71. The van der Waals surface area contributed by atoms with Gasteiger partial charge in [0.25, 0.3) is 0 Å². The first-order valence-electron chi connectivity index (χ1n) is 7.75. The molecule has 4 heteroatoms. The van der Waals surface area contributed by atoms with Gasteiger partial charge >= 0.3 is 5.97 Å². The number of carbonyl (C=O) groups excluding carboxylic acids is 1. The van der Waals surface area contributed by atoms with E-state index in [1.807, 2.05) is 0 Å². The second-order valence-electron chi connectivity index (χ2n) is 5.03. The van der Waals surface area contributed by atoms with Gasteiger partial charge in [-0.3, -0.25) is 4.79 Å². The lowest BCUT2D eigenvalue weighted by Crippen LogP contribution is -2.33. The molecule has 0 spiro atoms. The Balaban J connectivity index is 3.52. The van der Waals surface area contributed by atoms with Gasteiger partial charge in [-0.1, -0.05) is 27.2 Å². The highest BCUT2D eigenvalue weighted by atomic mass is 16.5. The van der Waals surface area contributed by atoms with Gasteiger partial charge in [0.2, 0.25) is 0 Å². The predicted octanol–water partition coefficient (Wildman–Crippen LogP) is 2.43. The Kier molecular flexibility index (Phi) is 12.0. The predicted molar refractivity (Wildman–Crippen MR) is 80.4 cm³/mol. The molecule has 0 fully saturated rings. The zero-order chi connectivity index (χ0) is 14.5. The van der Waals surface area contributed by atoms with Crippen LogP contribution in [0, 0.1) is 0 Å². The normalized spacial score (nSPS) is 12.7. The molecule has 1 atom stereocenters. The minimum absolute atomic E-state index is 0.135. The Morgan fingerprint density at radius 3 is 2.47 bits per heavy atom. The van der Waals surface area contributed by atoms with Gasteiger partial charge in [-0.15, -0.1) is 0 Å². The standard InChI is InChI=1S/C15H32N2O2/c1-5-8-12-19-15(18)13-16-14(4)10-9-11-17(6-2)7-3/h14,16H,5-13H2,1-4H3. The second-order valence-corrected chi connectivity index (χ2v) is 5.03. The zero-order valence-corrected chi connectivity index (χ0v) is 13.2. The van der Waals surface area contributed by atoms with Crippen LogP contribution < -0.4 is 5.32 Å². The summed E-state index contributed by atoms with van der Waals surface area (Å²) in [6.45, 7) is 12.8. The minimum atomic E-state index is -0.135. The molecule has 0 bridgehead atoms. The number of hydrogen-bond acceptors (Lipinski definition) is 4. The first-order chi connectivity index (χ1) is 9.13. The van der Waals surface area contributed by atoms with Crippen molar-refractivity contribution in [3.63, 3.8) is 0 Å². The van der Waals surface area contributed by atoms with E-state index in [0.29, 0.717) is 19.2 Å². The van der Waals surface area contributed by atoms with Crippen LogP contribution in [0.25, 0.3) is 0 Å². The summed E-state index contributed by atoms with van der Waals surface area (Å²) in [5.41, 5.74) is 0. The quantitative estimate of drug-likeness (QED) is 0.438. The summed E-state index contributed by atoms with van der Waals surface area (Å²) in [5.74, 6) is -0.135. The summed E-state index contributed by atoms with van der Waals surface area (Å²) in [6.07, 6.45) is 4.27. The van der Waals surface area contributed by atoms with E-state index in [-0.39, 0.29) is 5.97 Å². The smallest absolute Gasteiger partial charge is 0.319 e. The van der Waals surface area contributed by atoms with Crippen molar-refractivity contribution in [2.75, 3.05) is 32.8 Å². The molecule has 0 radical (unpaired) electrons. The summed E-state index contributed by atoms with van der Waals surface area (Å²) >= 11 is 0. The number of unbranched alkanes of at least 4 members (excludes halogenated alkanes) is 1. The van der Waals surface area contributed by atoms with Gasteiger partial charge in [0, 0.05) is 6.04 Å². The molecular weight excluding hydrogens is 240 g/mol. The first kappa shape index (κ1) is 18.4. The number of rotatable bonds is 12. The van der Waals surface area contributed by atoms with Crippen molar-refractivity contribution in [2.24, 2.45) is 0 Å². The van der Waals surface area contributed by atoms with Crippen LogP contribution in [-0.2, 0) is 9.53 Å². The maximum atomic E-state index is 11.4. The van der Waals surface area contributed by atoms with E-state index in [1.54, 1.807) is 0 Å². The third kappa shape index (κ3) is 11.0. The minimum Gasteiger partial charge on any atom is -0.465 e. The van der Waals surface area contributed by atoms with E-state index in [9.17, 15) is 4.79 Å². The Morgan fingerprint density at radius 1 is 1.21 bits per heavy atom. The van der Waals surface area contributed by atoms with Gasteiger partial charge in [-0.05, 0) is 45.8 Å². The van der Waals surface area contributed by atoms with Crippen LogP contribution in [0.5, 0.6) is 0 Å². The van der Waals surface area contributed by atoms with Crippen LogP contribution >= 0.6 is 0 Å². The molecule has 19 heavy (non-hydrogen) atoms. The molecule has 0 amide bonds. The summed E-state index contributed by atoms with van der Waals surface area (Å²) < 4.78 is 5.10. The average molecular weight is 272 g/mol. The molecule has 0 saturated heterocycles. The van der Waals surface area contributed by atoms with Gasteiger partial charge in [0.05, 0.1) is 13.2 Å². The molecule has 1 unspecified atom stereocenters. The van der Waals surface area contributed by atoms with Gasteiger partial charge < -0.3 is 15.0 Å². The maximum absolute atomic E-state index is 11.4. The van der Waals surface area contributed by atoms with Crippen molar-refractivity contribution in [1.29, 1.82) is 0 Å². The number of nitrogens with zero attached hydrogens (tertiary/aromatic N) is 1. The van der Waals surface area contributed by atoms with Crippen molar-refractivity contribution < 1.29 is 9.53 Å². The Bertz CT molecular complexity index is 218. The van der Waals surface area contributed by atoms with Crippen molar-refractivity contribution in [2.45, 2.75) is 59.4 Å². The van der Waals surface area contributed by atoms with Crippen LogP contribution in [0.15, 0.2) is 0 Å². The van der Waals surface area contributed by atoms with Crippen molar-refractivity contribution in [3.8, 4) is 0 Å². The summed E-state index contributed by atoms with van der Waals surface area (Å²) in [4.78, 5) is 13.8. The largest absolute Gasteiger partial charge is 0.465 e. The Labute approximate surface area is 118 Å². The van der Waals surface area contributed by atoms with Gasteiger partial charge in [0.1, 0.15) is 0 Å². The number of esters is 1. The number of carbonyl (C=O) groups is 1. The van der Waals surface area contributed by atoms with E-state index >= 15 is 0 Å². The number of hydrogen-bond donors (Lipinski definition) is 1. The summed E-state index contributed by atoms with van der Waals surface area (Å²) in [7, 11) is 0. The molecule has 4 nitrogen and oxygen atoms in total. The fourth-order valence-corrected chi connectivity index (χ4v) is 1.90. The average Bonchev–Trinajstić information content (AvgIpc) is 2.41. The Hall–Kier alpha value is -0.610. The highest BCUT2D eigenvalue weighted by Crippen LogP contribution is 1.99. The number of nitrogens with one attached hydrogen (secondary N) is 1. The topological polar surface area (TPSA) is 41.6 Å². The maximum Gasteiger partial charge on any atom is 0.319 e. The van der Waals surface area contributed by atoms with Crippen LogP contribution in [0.3, 0.4) is 0 Å². The number of ether oxygens (including phenoxy) is 1. The lowest BCUT2D eigenvalue weighted by Gasteiger charge is -2.19. The highest BCUT2D eigenvalue weighted by Gasteiger charge is 2.07. The zero-order valence-electron chi connectivity index (χ0n) is 13.2. The van der Waals surface area contributed by atoms with E-state index in [0.717, 1.165) is 38.9 Å². The SMILES string of the molecule is CCCCOC(=O)CNC(C)CCCN(CC)CC. The fraction of sp³-hybridized carbons (Fsp3) is 0.933. The second kappa shape index (κ2) is 12.4. The monoisotopic (exact) mass is 272 g/mol. The van der Waals surface area contributed by atoms with Crippen molar-refractivity contribution >= 4 is 5.97 Å². The molecule has 0 aliphatic carbocycles. The van der Waals surface area contributed by atoms with Crippen LogP contribution in [0.1, 0.15) is 53.4 Å². The van der Waals surface area contributed by atoms with E-state index in [1.165, 1.54) is 6.42 Å². The van der Waals surface area contributed by atoms with Gasteiger partial charge in [-0.2, -0.15) is 0 Å². The fourth-order valence-electron chi connectivity index (χ4n) is 1.90. The third-order valence-corrected chi connectivity index (χ3v) is 3.36. The van der Waals surface area contributed by atoms with Gasteiger partial charge in [0.15, 0.2) is 0 Å². The molecule has 0 aliphatic rings. The molecule has 0 aromatic carbocycles. The first-order valence-corrected chi connectivity index (χ1v) is 7.75. The molecule has 0 heterocycles. The van der Waals surface area contributed by atoms with E-state index in [4.69, 9.17) is 4.74 Å². The van der Waals surface area contributed by atoms with E-state index in [2.05, 4.69) is 37.9 Å². The lowest BCUT2D eigenvalue weighted by atomic mass is 10.2. The molecule has 114 valence electrons. The molecule has 0 aliphatic heterocycles. The Morgan fingerprint density at radius 2 is 1.89 bits per heavy atom.